The summed E-state index contributed by atoms with van der Waals surface area (Å²) in [4.78, 5) is 52.9. The fourth-order valence-corrected chi connectivity index (χ4v) is 3.99. The number of hydrogen-bond acceptors (Lipinski definition) is 6. The zero-order valence-corrected chi connectivity index (χ0v) is 19.2. The lowest BCUT2D eigenvalue weighted by molar-refractivity contribution is -0.384. The van der Waals surface area contributed by atoms with E-state index in [1.807, 2.05) is 31.2 Å². The third-order valence-electron chi connectivity index (χ3n) is 5.87. The molecule has 0 aliphatic carbocycles. The molecule has 0 radical (unpaired) electrons. The molecule has 1 heterocycles. The molecule has 35 heavy (non-hydrogen) atoms. The van der Waals surface area contributed by atoms with Crippen molar-refractivity contribution < 1.29 is 24.0 Å². The largest absolute Gasteiger partial charge is 0.497 e. The molecule has 1 atom stereocenters. The maximum absolute atomic E-state index is 13.6. The van der Waals surface area contributed by atoms with E-state index in [4.69, 9.17) is 4.74 Å². The number of rotatable bonds is 7. The molecule has 1 saturated heterocycles. The van der Waals surface area contributed by atoms with Gasteiger partial charge in [-0.15, -0.1) is 0 Å². The molecule has 3 amide bonds. The lowest BCUT2D eigenvalue weighted by atomic mass is 10.1. The van der Waals surface area contributed by atoms with Crippen LogP contribution in [0.1, 0.15) is 27.9 Å². The highest BCUT2D eigenvalue weighted by molar-refractivity contribution is 6.23. The van der Waals surface area contributed by atoms with Crippen molar-refractivity contribution in [1.82, 2.24) is 4.90 Å². The molecule has 9 nitrogen and oxygen atoms in total. The molecular formula is C26H23N3O6. The number of benzene rings is 3. The summed E-state index contributed by atoms with van der Waals surface area (Å²) in [6.45, 7) is 1.99. The van der Waals surface area contributed by atoms with Crippen LogP contribution < -0.4 is 9.64 Å². The predicted octanol–water partition coefficient (Wildman–Crippen LogP) is 3.89. The van der Waals surface area contributed by atoms with Crippen LogP contribution in [0.4, 0.5) is 11.4 Å². The monoisotopic (exact) mass is 473 g/mol. The highest BCUT2D eigenvalue weighted by Gasteiger charge is 2.44. The van der Waals surface area contributed by atoms with Crippen LogP contribution >= 0.6 is 0 Å². The van der Waals surface area contributed by atoms with Crippen molar-refractivity contribution >= 4 is 29.1 Å². The Kier molecular flexibility index (Phi) is 6.59. The SMILES string of the molecule is COc1ccc(N2C(=O)CC(N(Cc3ccc(C)cc3)C(=O)c3cccc([N+](=O)[O-])c3)C2=O)cc1. The molecule has 1 aliphatic heterocycles. The van der Waals surface area contributed by atoms with Crippen LogP contribution in [0.3, 0.4) is 0 Å². The summed E-state index contributed by atoms with van der Waals surface area (Å²) >= 11 is 0. The lowest BCUT2D eigenvalue weighted by Crippen LogP contribution is -2.45. The van der Waals surface area contributed by atoms with E-state index < -0.39 is 28.7 Å². The number of amides is 3. The molecule has 4 rings (SSSR count). The number of imide groups is 1. The van der Waals surface area contributed by atoms with Gasteiger partial charge >= 0.3 is 0 Å². The average Bonchev–Trinajstić information content (AvgIpc) is 3.16. The maximum atomic E-state index is 13.6. The minimum absolute atomic E-state index is 0.0575. The van der Waals surface area contributed by atoms with Gasteiger partial charge in [0.1, 0.15) is 11.8 Å². The van der Waals surface area contributed by atoms with Gasteiger partial charge in [0.15, 0.2) is 0 Å². The summed E-state index contributed by atoms with van der Waals surface area (Å²) in [6.07, 6.45) is -0.197. The number of anilines is 1. The molecule has 178 valence electrons. The highest BCUT2D eigenvalue weighted by atomic mass is 16.6. The Balaban J connectivity index is 1.69. The second kappa shape index (κ2) is 9.76. The van der Waals surface area contributed by atoms with Gasteiger partial charge in [0.05, 0.1) is 24.1 Å². The van der Waals surface area contributed by atoms with Crippen molar-refractivity contribution in [3.05, 3.63) is 99.6 Å². The van der Waals surface area contributed by atoms with Crippen molar-refractivity contribution in [2.75, 3.05) is 12.0 Å². The van der Waals surface area contributed by atoms with Gasteiger partial charge in [-0.3, -0.25) is 24.5 Å². The number of carbonyl (C=O) groups is 3. The number of nitro groups is 1. The first-order valence-corrected chi connectivity index (χ1v) is 10.9. The number of aryl methyl sites for hydroxylation is 1. The summed E-state index contributed by atoms with van der Waals surface area (Å²) in [5.41, 5.74) is 2.00. The predicted molar refractivity (Wildman–Crippen MR) is 128 cm³/mol. The van der Waals surface area contributed by atoms with Gasteiger partial charge < -0.3 is 9.64 Å². The molecule has 1 fully saturated rings. The van der Waals surface area contributed by atoms with Crippen molar-refractivity contribution in [2.24, 2.45) is 0 Å². The van der Waals surface area contributed by atoms with E-state index in [9.17, 15) is 24.5 Å². The van der Waals surface area contributed by atoms with E-state index in [1.165, 1.54) is 36.3 Å². The molecule has 3 aromatic rings. The van der Waals surface area contributed by atoms with Gasteiger partial charge in [-0.25, -0.2) is 4.90 Å². The van der Waals surface area contributed by atoms with Crippen LogP contribution in [-0.2, 0) is 16.1 Å². The van der Waals surface area contributed by atoms with Crippen LogP contribution in [0, 0.1) is 17.0 Å². The van der Waals surface area contributed by atoms with E-state index >= 15 is 0 Å². The number of nitro benzene ring substituents is 1. The van der Waals surface area contributed by atoms with Crippen molar-refractivity contribution in [2.45, 2.75) is 25.9 Å². The van der Waals surface area contributed by atoms with Crippen molar-refractivity contribution in [3.8, 4) is 5.75 Å². The fourth-order valence-electron chi connectivity index (χ4n) is 3.99. The molecular weight excluding hydrogens is 450 g/mol. The molecule has 0 aromatic heterocycles. The molecule has 1 aliphatic rings. The maximum Gasteiger partial charge on any atom is 0.270 e. The van der Waals surface area contributed by atoms with Crippen LogP contribution in [-0.4, -0.2) is 40.7 Å². The molecule has 0 saturated carbocycles. The van der Waals surface area contributed by atoms with Crippen molar-refractivity contribution in [3.63, 3.8) is 0 Å². The quantitative estimate of drug-likeness (QED) is 0.293. The summed E-state index contributed by atoms with van der Waals surface area (Å²) < 4.78 is 5.14. The first-order valence-electron chi connectivity index (χ1n) is 10.9. The Morgan fingerprint density at radius 2 is 1.77 bits per heavy atom. The minimum Gasteiger partial charge on any atom is -0.497 e. The first kappa shape index (κ1) is 23.6. The average molecular weight is 473 g/mol. The van der Waals surface area contributed by atoms with E-state index in [-0.39, 0.29) is 24.2 Å². The smallest absolute Gasteiger partial charge is 0.270 e. The van der Waals surface area contributed by atoms with Crippen molar-refractivity contribution in [1.29, 1.82) is 0 Å². The standard InChI is InChI=1S/C26H23N3O6/c1-17-6-8-18(9-7-17)16-27(25(31)19-4-3-5-21(14-19)29(33)34)23-15-24(30)28(26(23)32)20-10-12-22(35-2)13-11-20/h3-14,23H,15-16H2,1-2H3. The highest BCUT2D eigenvalue weighted by Crippen LogP contribution is 2.29. The van der Waals surface area contributed by atoms with E-state index in [0.717, 1.165) is 16.0 Å². The number of non-ortho nitro benzene ring substituents is 1. The normalized spacial score (nSPS) is 15.3. The van der Waals surface area contributed by atoms with Gasteiger partial charge in [-0.2, -0.15) is 0 Å². The number of carbonyl (C=O) groups excluding carboxylic acids is 3. The number of methoxy groups -OCH3 is 1. The Bertz CT molecular complexity index is 1290. The summed E-state index contributed by atoms with van der Waals surface area (Å²) in [5.74, 6) is -0.972. The summed E-state index contributed by atoms with van der Waals surface area (Å²) in [5, 5.41) is 11.2. The van der Waals surface area contributed by atoms with Gasteiger partial charge in [0.25, 0.3) is 17.5 Å². The Hall–Kier alpha value is -4.53. The number of ether oxygens (including phenoxy) is 1. The topological polar surface area (TPSA) is 110 Å². The van der Waals surface area contributed by atoms with Gasteiger partial charge in [0, 0.05) is 24.2 Å². The summed E-state index contributed by atoms with van der Waals surface area (Å²) in [6, 6.07) is 18.2. The van der Waals surface area contributed by atoms with Gasteiger partial charge in [-0.1, -0.05) is 35.9 Å². The third kappa shape index (κ3) is 4.89. The Morgan fingerprint density at radius 3 is 2.40 bits per heavy atom. The second-order valence-corrected chi connectivity index (χ2v) is 8.21. The van der Waals surface area contributed by atoms with E-state index in [0.29, 0.717) is 11.4 Å². The summed E-state index contributed by atoms with van der Waals surface area (Å²) in [7, 11) is 1.51. The second-order valence-electron chi connectivity index (χ2n) is 8.21. The Morgan fingerprint density at radius 1 is 1.09 bits per heavy atom. The number of hydrogen-bond donors (Lipinski definition) is 0. The zero-order chi connectivity index (χ0) is 25.1. The zero-order valence-electron chi connectivity index (χ0n) is 19.2. The van der Waals surface area contributed by atoms with Crippen LogP contribution in [0.25, 0.3) is 0 Å². The number of nitrogens with zero attached hydrogens (tertiary/aromatic N) is 3. The van der Waals surface area contributed by atoms with Crippen LogP contribution in [0.15, 0.2) is 72.8 Å². The minimum atomic E-state index is -1.06. The molecule has 0 spiro atoms. The Labute approximate surface area is 201 Å². The molecule has 0 bridgehead atoms. The molecule has 9 heteroatoms. The fraction of sp³-hybridized carbons (Fsp3) is 0.192. The van der Waals surface area contributed by atoms with Gasteiger partial charge in [0.2, 0.25) is 5.91 Å². The van der Waals surface area contributed by atoms with E-state index in [2.05, 4.69) is 0 Å². The van der Waals surface area contributed by atoms with E-state index in [1.54, 1.807) is 24.3 Å². The van der Waals surface area contributed by atoms with Crippen LogP contribution in [0.5, 0.6) is 5.75 Å². The van der Waals surface area contributed by atoms with Crippen LogP contribution in [0.2, 0.25) is 0 Å². The molecule has 3 aromatic carbocycles. The third-order valence-corrected chi connectivity index (χ3v) is 5.87. The van der Waals surface area contributed by atoms with Gasteiger partial charge in [-0.05, 0) is 42.8 Å². The molecule has 1 unspecified atom stereocenters. The lowest BCUT2D eigenvalue weighted by Gasteiger charge is -2.28. The molecule has 0 N–H and O–H groups in total. The first-order chi connectivity index (χ1) is 16.8.